The minimum atomic E-state index is -0.892. The molecule has 0 bridgehead atoms. The number of hydrogen-bond acceptors (Lipinski definition) is 4. The van der Waals surface area contributed by atoms with E-state index in [1.54, 1.807) is 0 Å². The number of hydrogen-bond donors (Lipinski definition) is 1. The first-order valence-corrected chi connectivity index (χ1v) is 11.2. The van der Waals surface area contributed by atoms with E-state index < -0.39 is 12.1 Å². The third kappa shape index (κ3) is 4.95. The van der Waals surface area contributed by atoms with Crippen LogP contribution in [0.15, 0.2) is 36.5 Å². The van der Waals surface area contributed by atoms with Gasteiger partial charge in [0.05, 0.1) is 6.61 Å². The largest absolute Gasteiger partial charge is 0.479 e. The summed E-state index contributed by atoms with van der Waals surface area (Å²) in [6, 6.07) is 12.6. The molecule has 2 atom stereocenters. The van der Waals surface area contributed by atoms with Gasteiger partial charge >= 0.3 is 5.97 Å². The van der Waals surface area contributed by atoms with Crippen LogP contribution in [0.1, 0.15) is 48.4 Å². The van der Waals surface area contributed by atoms with Crippen molar-refractivity contribution in [2.75, 3.05) is 13.2 Å². The van der Waals surface area contributed by atoms with E-state index in [9.17, 15) is 15.2 Å². The second-order valence-electron chi connectivity index (χ2n) is 8.73. The van der Waals surface area contributed by atoms with Crippen LogP contribution in [0.2, 0.25) is 5.02 Å². The quantitative estimate of drug-likeness (QED) is 0.759. The number of nitriles is 1. The molecule has 1 aromatic heterocycles. The van der Waals surface area contributed by atoms with Crippen LogP contribution in [-0.2, 0) is 23.0 Å². The van der Waals surface area contributed by atoms with Gasteiger partial charge in [-0.25, -0.2) is 4.79 Å². The summed E-state index contributed by atoms with van der Waals surface area (Å²) in [6.45, 7) is 0.844. The lowest BCUT2D eigenvalue weighted by Crippen LogP contribution is -2.57. The molecule has 1 N–H and O–H groups in total. The van der Waals surface area contributed by atoms with Crippen molar-refractivity contribution in [1.29, 1.82) is 5.26 Å². The Balaban J connectivity index is 1.45. The van der Waals surface area contributed by atoms with E-state index in [0.29, 0.717) is 35.8 Å². The van der Waals surface area contributed by atoms with Crippen molar-refractivity contribution in [3.63, 3.8) is 0 Å². The number of carboxylic acid groups (broad SMARTS) is 1. The molecule has 2 aromatic rings. The van der Waals surface area contributed by atoms with E-state index in [1.807, 2.05) is 41.9 Å². The highest BCUT2D eigenvalue weighted by Gasteiger charge is 2.38. The summed E-state index contributed by atoms with van der Waals surface area (Å²) in [5.74, 6) is -0.437. The van der Waals surface area contributed by atoms with Gasteiger partial charge in [0.25, 0.3) is 0 Å². The number of carboxylic acids is 1. The smallest absolute Gasteiger partial charge is 0.334 e. The molecule has 1 saturated heterocycles. The Morgan fingerprint density at radius 3 is 2.58 bits per heavy atom. The maximum Gasteiger partial charge on any atom is 0.334 e. The van der Waals surface area contributed by atoms with Gasteiger partial charge in [-0.2, -0.15) is 5.26 Å². The van der Waals surface area contributed by atoms with Gasteiger partial charge in [0, 0.05) is 36.9 Å². The molecule has 2 heterocycles. The topological polar surface area (TPSA) is 78.5 Å². The van der Waals surface area contributed by atoms with E-state index >= 15 is 0 Å². The molecule has 1 aliphatic heterocycles. The van der Waals surface area contributed by atoms with E-state index in [2.05, 4.69) is 17.2 Å². The molecule has 0 unspecified atom stereocenters. The second-order valence-corrected chi connectivity index (χ2v) is 9.16. The summed E-state index contributed by atoms with van der Waals surface area (Å²) >= 11 is 6.02. The first kappa shape index (κ1) is 21.9. The minimum Gasteiger partial charge on any atom is -0.479 e. The number of aryl methyl sites for hydroxylation is 1. The molecule has 164 valence electrons. The Hall–Kier alpha value is -2.33. The van der Waals surface area contributed by atoms with Gasteiger partial charge in [-0.3, -0.25) is 4.90 Å². The zero-order valence-electron chi connectivity index (χ0n) is 17.7. The van der Waals surface area contributed by atoms with Gasteiger partial charge in [0.15, 0.2) is 6.10 Å². The van der Waals surface area contributed by atoms with Gasteiger partial charge in [0.1, 0.15) is 11.8 Å². The molecular weight excluding hydrogens is 414 g/mol. The van der Waals surface area contributed by atoms with Crippen LogP contribution in [0.4, 0.5) is 0 Å². The van der Waals surface area contributed by atoms with Crippen LogP contribution in [0.25, 0.3) is 0 Å². The lowest BCUT2D eigenvalue weighted by molar-refractivity contribution is -0.162. The molecule has 4 rings (SSSR count). The summed E-state index contributed by atoms with van der Waals surface area (Å²) in [7, 11) is 1.91. The number of morpholine rings is 1. The maximum atomic E-state index is 11.6. The first-order valence-electron chi connectivity index (χ1n) is 10.9. The standard InChI is InChI=1S/C24H28ClN3O3/c1-27-13-18(11-21(27)12-26)17-4-8-20(9-5-17)28-14-23(24(29)30)31-15-22(28)10-16-2-6-19(25)7-3-16/h2-3,6-7,11,13,17,20,22-23H,4-5,8-10,14-15H2,1H3,(H,29,30)/t17?,20?,22-,23+/m0/s1. The predicted molar refractivity (Wildman–Crippen MR) is 118 cm³/mol. The average molecular weight is 442 g/mol. The normalized spacial score (nSPS) is 27.0. The van der Waals surface area contributed by atoms with E-state index in [0.717, 1.165) is 32.1 Å². The third-order valence-electron chi connectivity index (χ3n) is 6.77. The highest BCUT2D eigenvalue weighted by molar-refractivity contribution is 6.30. The number of aliphatic carboxylic acids is 1. The lowest BCUT2D eigenvalue weighted by atomic mass is 9.81. The Morgan fingerprint density at radius 2 is 1.97 bits per heavy atom. The number of rotatable bonds is 5. The SMILES string of the molecule is Cn1cc(C2CCC(N3C[C@H](C(=O)O)OC[C@@H]3Cc3ccc(Cl)cc3)CC2)cc1C#N. The monoisotopic (exact) mass is 441 g/mol. The molecule has 2 aliphatic rings. The predicted octanol–water partition coefficient (Wildman–Crippen LogP) is 3.97. The molecule has 7 heteroatoms. The van der Waals surface area contributed by atoms with Crippen molar-refractivity contribution in [3.05, 3.63) is 58.4 Å². The molecule has 0 spiro atoms. The first-order chi connectivity index (χ1) is 14.9. The highest BCUT2D eigenvalue weighted by atomic mass is 35.5. The fourth-order valence-corrected chi connectivity index (χ4v) is 5.17. The van der Waals surface area contributed by atoms with Crippen molar-refractivity contribution in [2.24, 2.45) is 7.05 Å². The van der Waals surface area contributed by atoms with E-state index in [4.69, 9.17) is 16.3 Å². The van der Waals surface area contributed by atoms with Crippen molar-refractivity contribution >= 4 is 17.6 Å². The number of nitrogens with zero attached hydrogens (tertiary/aromatic N) is 3. The van der Waals surface area contributed by atoms with Gasteiger partial charge < -0.3 is 14.4 Å². The average Bonchev–Trinajstić information content (AvgIpc) is 3.16. The fourth-order valence-electron chi connectivity index (χ4n) is 5.05. The molecule has 1 aliphatic carbocycles. The minimum absolute atomic E-state index is 0.153. The molecule has 6 nitrogen and oxygen atoms in total. The maximum absolute atomic E-state index is 11.6. The number of ether oxygens (including phenoxy) is 1. The van der Waals surface area contributed by atoms with Gasteiger partial charge in [0.2, 0.25) is 0 Å². The van der Waals surface area contributed by atoms with E-state index in [-0.39, 0.29) is 6.04 Å². The number of carbonyl (C=O) groups is 1. The molecule has 0 radical (unpaired) electrons. The molecule has 1 aromatic carbocycles. The third-order valence-corrected chi connectivity index (χ3v) is 7.03. The van der Waals surface area contributed by atoms with Crippen LogP contribution in [0.5, 0.6) is 0 Å². The van der Waals surface area contributed by atoms with Crippen molar-refractivity contribution < 1.29 is 14.6 Å². The molecular formula is C24H28ClN3O3. The van der Waals surface area contributed by atoms with Crippen LogP contribution < -0.4 is 0 Å². The number of aromatic nitrogens is 1. The Labute approximate surface area is 188 Å². The molecule has 1 saturated carbocycles. The van der Waals surface area contributed by atoms with Crippen LogP contribution in [-0.4, -0.2) is 51.9 Å². The molecule has 0 amide bonds. The van der Waals surface area contributed by atoms with Crippen LogP contribution in [0.3, 0.4) is 0 Å². The second kappa shape index (κ2) is 9.44. The number of halogens is 1. The van der Waals surface area contributed by atoms with E-state index in [1.165, 1.54) is 11.1 Å². The summed E-state index contributed by atoms with van der Waals surface area (Å²) in [6.07, 6.45) is 6.24. The van der Waals surface area contributed by atoms with Crippen molar-refractivity contribution in [1.82, 2.24) is 9.47 Å². The Kier molecular flexibility index (Phi) is 6.66. The summed E-state index contributed by atoms with van der Waals surface area (Å²) in [4.78, 5) is 14.0. The molecule has 2 fully saturated rings. The zero-order chi connectivity index (χ0) is 22.0. The van der Waals surface area contributed by atoms with Gasteiger partial charge in [-0.1, -0.05) is 23.7 Å². The van der Waals surface area contributed by atoms with Crippen molar-refractivity contribution in [3.8, 4) is 6.07 Å². The summed E-state index contributed by atoms with van der Waals surface area (Å²) in [5.41, 5.74) is 3.11. The highest BCUT2D eigenvalue weighted by Crippen LogP contribution is 2.37. The van der Waals surface area contributed by atoms with Crippen LogP contribution in [0, 0.1) is 11.3 Å². The number of benzene rings is 1. The lowest BCUT2D eigenvalue weighted by Gasteiger charge is -2.45. The van der Waals surface area contributed by atoms with Crippen molar-refractivity contribution in [2.45, 2.75) is 56.2 Å². The summed E-state index contributed by atoms with van der Waals surface area (Å²) in [5, 5.41) is 19.5. The van der Waals surface area contributed by atoms with Crippen LogP contribution >= 0.6 is 11.6 Å². The zero-order valence-corrected chi connectivity index (χ0v) is 18.5. The summed E-state index contributed by atoms with van der Waals surface area (Å²) < 4.78 is 7.58. The Bertz CT molecular complexity index is 957. The fraction of sp³-hybridized carbons (Fsp3) is 0.500. The van der Waals surface area contributed by atoms with Gasteiger partial charge in [-0.05, 0) is 67.3 Å². The van der Waals surface area contributed by atoms with Gasteiger partial charge in [-0.15, -0.1) is 0 Å². The molecule has 31 heavy (non-hydrogen) atoms. The Morgan fingerprint density at radius 1 is 1.26 bits per heavy atom.